The molecule has 0 atom stereocenters. The Morgan fingerprint density at radius 2 is 1.44 bits per heavy atom. The molecule has 0 fully saturated rings. The molecule has 2 nitrogen and oxygen atoms in total. The zero-order valence-electron chi connectivity index (χ0n) is 8.91. The molecule has 0 bridgehead atoms. The van der Waals surface area contributed by atoms with Gasteiger partial charge in [0.25, 0.3) is 0 Å². The monoisotopic (exact) mass is 442 g/mol. The second-order valence-corrected chi connectivity index (χ2v) is 14.8. The Bertz CT molecular complexity index is 540. The van der Waals surface area contributed by atoms with Crippen LogP contribution in [0.4, 0.5) is 0 Å². The van der Waals surface area contributed by atoms with Crippen LogP contribution in [0.5, 0.6) is 0 Å². The van der Waals surface area contributed by atoms with Crippen LogP contribution in [-0.2, 0) is 0 Å². The van der Waals surface area contributed by atoms with E-state index in [9.17, 15) is 0 Å². The molecule has 3 aliphatic rings. The molecule has 18 heavy (non-hydrogen) atoms. The minimum atomic E-state index is 0.603. The van der Waals surface area contributed by atoms with E-state index in [0.717, 1.165) is 0 Å². The van der Waals surface area contributed by atoms with Crippen LogP contribution < -0.4 is 0 Å². The third kappa shape index (κ3) is 2.35. The van der Waals surface area contributed by atoms with Crippen LogP contribution >= 0.6 is 47.0 Å². The second-order valence-electron chi connectivity index (χ2n) is 3.47. The van der Waals surface area contributed by atoms with Crippen LogP contribution in [0.2, 0.25) is 0 Å². The summed E-state index contributed by atoms with van der Waals surface area (Å²) in [5.41, 5.74) is 0. The summed E-state index contributed by atoms with van der Waals surface area (Å²) in [6.45, 7) is 0. The molecule has 3 aliphatic heterocycles. The van der Waals surface area contributed by atoms with Gasteiger partial charge in [0.2, 0.25) is 0 Å². The maximum absolute atomic E-state index is 3.97. The fourth-order valence-electron chi connectivity index (χ4n) is 1.56. The van der Waals surface area contributed by atoms with Gasteiger partial charge in [-0.15, -0.1) is 0 Å². The van der Waals surface area contributed by atoms with Gasteiger partial charge in [-0.25, -0.2) is 0 Å². The molecular formula is C10H6N2S4Se2. The van der Waals surface area contributed by atoms with E-state index in [0.29, 0.717) is 29.9 Å². The second kappa shape index (κ2) is 5.41. The van der Waals surface area contributed by atoms with Gasteiger partial charge in [0, 0.05) is 0 Å². The van der Waals surface area contributed by atoms with Gasteiger partial charge < -0.3 is 0 Å². The van der Waals surface area contributed by atoms with E-state index < -0.39 is 0 Å². The van der Waals surface area contributed by atoms with E-state index in [-0.39, 0.29) is 0 Å². The van der Waals surface area contributed by atoms with E-state index >= 15 is 0 Å². The molecule has 0 N–H and O–H groups in total. The molecule has 0 saturated carbocycles. The molecule has 92 valence electrons. The summed E-state index contributed by atoms with van der Waals surface area (Å²) in [5, 5.41) is 7.95. The minimum absolute atomic E-state index is 0.603. The summed E-state index contributed by atoms with van der Waals surface area (Å²) in [6, 6.07) is 0. The Morgan fingerprint density at radius 1 is 0.889 bits per heavy atom. The van der Waals surface area contributed by atoms with E-state index in [1.54, 1.807) is 11.0 Å². The van der Waals surface area contributed by atoms with Gasteiger partial charge >= 0.3 is 136 Å². The molecule has 8 heteroatoms. The van der Waals surface area contributed by atoms with E-state index in [1.165, 1.54) is 25.5 Å². The average Bonchev–Trinajstić information content (AvgIpc) is 3.02. The Morgan fingerprint density at radius 3 is 2.00 bits per heavy atom. The number of fused-ring (bicyclic) bond motifs is 1. The number of aromatic nitrogens is 2. The van der Waals surface area contributed by atoms with Crippen molar-refractivity contribution in [3.63, 3.8) is 0 Å². The number of thioether (sulfide) groups is 4. The standard InChI is InChI=1S/C10H6N2S4Se2/c1-2-14-9-8(13-1)17-10(18-9)7-15-5-3-11-12-4-6(5)16-7/h3-4H,1-2H2. The topological polar surface area (TPSA) is 25.8 Å². The van der Waals surface area contributed by atoms with Gasteiger partial charge in [-0.3, -0.25) is 0 Å². The summed E-state index contributed by atoms with van der Waals surface area (Å²) >= 11 is 9.23. The molecule has 4 heterocycles. The Kier molecular flexibility index (Phi) is 3.82. The van der Waals surface area contributed by atoms with Crippen molar-refractivity contribution < 1.29 is 0 Å². The summed E-state index contributed by atoms with van der Waals surface area (Å²) < 4.78 is 6.69. The Hall–Kier alpha value is 0.999. The summed E-state index contributed by atoms with van der Waals surface area (Å²) in [7, 11) is 0. The van der Waals surface area contributed by atoms with Crippen LogP contribution in [0.1, 0.15) is 0 Å². The van der Waals surface area contributed by atoms with Crippen molar-refractivity contribution in [2.45, 2.75) is 9.79 Å². The normalized spacial score (nSPS) is 22.4. The Balaban J connectivity index is 1.62. The molecule has 0 saturated heterocycles. The summed E-state index contributed by atoms with van der Waals surface area (Å²) in [4.78, 5) is 2.57. The van der Waals surface area contributed by atoms with Crippen LogP contribution in [0.25, 0.3) is 0 Å². The first kappa shape index (κ1) is 12.7. The van der Waals surface area contributed by atoms with Gasteiger partial charge in [0.15, 0.2) is 0 Å². The predicted octanol–water partition coefficient (Wildman–Crippen LogP) is 2.83. The first-order valence-corrected chi connectivity index (χ1v) is 12.2. The molecule has 1 aromatic heterocycles. The van der Waals surface area contributed by atoms with Crippen molar-refractivity contribution in [1.29, 1.82) is 0 Å². The third-order valence-corrected chi connectivity index (χ3v) is 16.8. The predicted molar refractivity (Wildman–Crippen MR) is 84.2 cm³/mol. The Labute approximate surface area is 135 Å². The number of hydrogen-bond donors (Lipinski definition) is 0. The van der Waals surface area contributed by atoms with Crippen molar-refractivity contribution in [1.82, 2.24) is 10.2 Å². The molecule has 0 aliphatic carbocycles. The van der Waals surface area contributed by atoms with Crippen molar-refractivity contribution in [2.24, 2.45) is 0 Å². The average molecular weight is 440 g/mol. The molecule has 0 spiro atoms. The molecule has 0 aromatic carbocycles. The van der Waals surface area contributed by atoms with Crippen molar-refractivity contribution in [3.05, 3.63) is 27.6 Å². The molecule has 0 radical (unpaired) electrons. The fraction of sp³-hybridized carbons (Fsp3) is 0.200. The fourth-order valence-corrected chi connectivity index (χ4v) is 17.0. The van der Waals surface area contributed by atoms with E-state index in [4.69, 9.17) is 0 Å². The van der Waals surface area contributed by atoms with Crippen LogP contribution in [0.3, 0.4) is 0 Å². The van der Waals surface area contributed by atoms with Crippen LogP contribution in [0.15, 0.2) is 37.4 Å². The number of hydrogen-bond acceptors (Lipinski definition) is 6. The van der Waals surface area contributed by atoms with Crippen molar-refractivity contribution in [3.8, 4) is 0 Å². The molecule has 0 unspecified atom stereocenters. The van der Waals surface area contributed by atoms with Gasteiger partial charge in [-0.05, 0) is 0 Å². The zero-order chi connectivity index (χ0) is 11.9. The SMILES string of the molecule is c1nncc2c1SC(=C1[Se]C3=C(SCCS3)[Se]1)S2. The maximum atomic E-state index is 3.97. The molecular weight excluding hydrogens is 434 g/mol. The van der Waals surface area contributed by atoms with Gasteiger partial charge in [0.05, 0.1) is 0 Å². The number of rotatable bonds is 0. The summed E-state index contributed by atoms with van der Waals surface area (Å²) in [6.07, 6.45) is 3.79. The van der Waals surface area contributed by atoms with Crippen molar-refractivity contribution >= 4 is 77.0 Å². The van der Waals surface area contributed by atoms with Gasteiger partial charge in [0.1, 0.15) is 0 Å². The van der Waals surface area contributed by atoms with Crippen molar-refractivity contribution in [2.75, 3.05) is 11.5 Å². The molecule has 4 rings (SSSR count). The van der Waals surface area contributed by atoms with Crippen LogP contribution in [0, 0.1) is 0 Å². The quantitative estimate of drug-likeness (QED) is 0.576. The zero-order valence-corrected chi connectivity index (χ0v) is 15.6. The molecule has 0 amide bonds. The molecule has 1 aromatic rings. The van der Waals surface area contributed by atoms with Gasteiger partial charge in [-0.2, -0.15) is 0 Å². The van der Waals surface area contributed by atoms with E-state index in [1.807, 2.05) is 35.9 Å². The first-order valence-electron chi connectivity index (χ1n) is 5.16. The van der Waals surface area contributed by atoms with Crippen LogP contribution in [-0.4, -0.2) is 51.6 Å². The number of nitrogens with zero attached hydrogens (tertiary/aromatic N) is 2. The van der Waals surface area contributed by atoms with Gasteiger partial charge in [-0.1, -0.05) is 0 Å². The van der Waals surface area contributed by atoms with E-state index in [2.05, 4.69) is 33.7 Å². The summed E-state index contributed by atoms with van der Waals surface area (Å²) in [5.74, 6) is 2.61. The third-order valence-electron chi connectivity index (χ3n) is 2.32. The first-order chi connectivity index (χ1) is 8.90.